The van der Waals surface area contributed by atoms with E-state index in [1.165, 1.54) is 13.2 Å². The van der Waals surface area contributed by atoms with Gasteiger partial charge in [0.25, 0.3) is 0 Å². The van der Waals surface area contributed by atoms with Crippen molar-refractivity contribution in [3.63, 3.8) is 0 Å². The van der Waals surface area contributed by atoms with Gasteiger partial charge in [0.05, 0.1) is 25.0 Å². The fraction of sp³-hybridized carbons (Fsp3) is 0.143. The van der Waals surface area contributed by atoms with Crippen molar-refractivity contribution < 1.29 is 17.9 Å². The van der Waals surface area contributed by atoms with Crippen LogP contribution in [-0.4, -0.2) is 26.4 Å². The summed E-state index contributed by atoms with van der Waals surface area (Å²) in [6.07, 6.45) is 1.58. The number of methoxy groups -OCH3 is 1. The first kappa shape index (κ1) is 22.5. The summed E-state index contributed by atoms with van der Waals surface area (Å²) in [5.74, 6) is -0.344. The second-order valence-electron chi connectivity index (χ2n) is 6.51. The molecule has 0 aliphatic rings. The van der Waals surface area contributed by atoms with E-state index in [0.717, 1.165) is 0 Å². The minimum absolute atomic E-state index is 0.0128. The van der Waals surface area contributed by atoms with Crippen LogP contribution >= 0.6 is 11.6 Å². The Morgan fingerprint density at radius 2 is 1.90 bits per heavy atom. The lowest BCUT2D eigenvalue weighted by atomic mass is 10.0. The first-order chi connectivity index (χ1) is 14.8. The molecule has 1 aromatic heterocycles. The zero-order valence-electron chi connectivity index (χ0n) is 16.6. The topological polar surface area (TPSA) is 123 Å². The van der Waals surface area contributed by atoms with Crippen LogP contribution in [0.2, 0.25) is 5.02 Å². The molecule has 0 fully saturated rings. The molecule has 3 aromatic rings. The predicted octanol–water partition coefficient (Wildman–Crippen LogP) is 2.86. The molecular weight excluding hydrogens is 440 g/mol. The molecule has 0 aliphatic carbocycles. The van der Waals surface area contributed by atoms with Crippen molar-refractivity contribution in [3.05, 3.63) is 83.1 Å². The number of pyridine rings is 1. The standard InChI is InChI=1S/C21H21ClN4O4S/c1-30-18-10-9-14(22)12-16(18)20(21(23)27)26-17-7-2-3-8-19(17)31(28,29)25-13-15-6-4-5-11-24-15/h2-12,20,25-26H,13H2,1H3,(H2,23,27). The number of nitrogens with zero attached hydrogens (tertiary/aromatic N) is 1. The maximum absolute atomic E-state index is 13.0. The number of nitrogens with one attached hydrogen (secondary N) is 2. The predicted molar refractivity (Wildman–Crippen MR) is 118 cm³/mol. The van der Waals surface area contributed by atoms with Gasteiger partial charge >= 0.3 is 0 Å². The van der Waals surface area contributed by atoms with Crippen molar-refractivity contribution >= 4 is 33.2 Å². The number of carbonyl (C=O) groups is 1. The zero-order chi connectivity index (χ0) is 22.4. The molecule has 0 saturated heterocycles. The van der Waals surface area contributed by atoms with Gasteiger partial charge < -0.3 is 15.8 Å². The van der Waals surface area contributed by atoms with Crippen LogP contribution in [0.4, 0.5) is 5.69 Å². The molecule has 31 heavy (non-hydrogen) atoms. The number of carbonyl (C=O) groups excluding carboxylic acids is 1. The summed E-state index contributed by atoms with van der Waals surface area (Å²) in [5, 5.41) is 3.30. The fourth-order valence-electron chi connectivity index (χ4n) is 2.96. The van der Waals surface area contributed by atoms with E-state index >= 15 is 0 Å². The van der Waals surface area contributed by atoms with E-state index in [-0.39, 0.29) is 17.1 Å². The van der Waals surface area contributed by atoms with Crippen molar-refractivity contribution in [2.75, 3.05) is 12.4 Å². The highest BCUT2D eigenvalue weighted by molar-refractivity contribution is 7.89. The molecule has 1 atom stereocenters. The normalized spacial score (nSPS) is 12.2. The number of benzene rings is 2. The second-order valence-corrected chi connectivity index (χ2v) is 8.68. The van der Waals surface area contributed by atoms with Crippen LogP contribution in [0, 0.1) is 0 Å². The van der Waals surface area contributed by atoms with Crippen molar-refractivity contribution in [2.45, 2.75) is 17.5 Å². The number of para-hydroxylation sites is 1. The maximum Gasteiger partial charge on any atom is 0.244 e. The number of halogens is 1. The largest absolute Gasteiger partial charge is 0.496 e. The van der Waals surface area contributed by atoms with E-state index in [2.05, 4.69) is 15.0 Å². The molecule has 2 aromatic carbocycles. The van der Waals surface area contributed by atoms with Crippen LogP contribution in [0.5, 0.6) is 5.75 Å². The molecule has 0 spiro atoms. The van der Waals surface area contributed by atoms with E-state index in [1.807, 2.05) is 0 Å². The first-order valence-electron chi connectivity index (χ1n) is 9.19. The number of sulfonamides is 1. The van der Waals surface area contributed by atoms with Gasteiger partial charge in [0, 0.05) is 16.8 Å². The molecule has 162 valence electrons. The van der Waals surface area contributed by atoms with Gasteiger partial charge in [-0.3, -0.25) is 9.78 Å². The molecule has 10 heteroatoms. The van der Waals surface area contributed by atoms with Gasteiger partial charge in [0.2, 0.25) is 15.9 Å². The second kappa shape index (κ2) is 9.78. The molecule has 8 nitrogen and oxygen atoms in total. The molecule has 3 rings (SSSR count). The molecule has 1 unspecified atom stereocenters. The van der Waals surface area contributed by atoms with E-state index in [0.29, 0.717) is 22.0 Å². The molecule has 1 amide bonds. The Kier molecular flexibility index (Phi) is 7.11. The quantitative estimate of drug-likeness (QED) is 0.451. The highest BCUT2D eigenvalue weighted by Gasteiger charge is 2.26. The van der Waals surface area contributed by atoms with Crippen LogP contribution in [0.15, 0.2) is 71.8 Å². The SMILES string of the molecule is COc1ccc(Cl)cc1C(Nc1ccccc1S(=O)(=O)NCc1ccccn1)C(N)=O. The summed E-state index contributed by atoms with van der Waals surface area (Å²) < 4.78 is 33.7. The van der Waals surface area contributed by atoms with Crippen molar-refractivity contribution in [1.82, 2.24) is 9.71 Å². The summed E-state index contributed by atoms with van der Waals surface area (Å²) in [7, 11) is -2.48. The molecule has 0 radical (unpaired) electrons. The molecule has 0 bridgehead atoms. The van der Waals surface area contributed by atoms with Crippen LogP contribution in [0.25, 0.3) is 0 Å². The molecular formula is C21H21ClN4O4S. The highest BCUT2D eigenvalue weighted by Crippen LogP contribution is 2.32. The third kappa shape index (κ3) is 5.52. The van der Waals surface area contributed by atoms with Crippen LogP contribution in [-0.2, 0) is 21.4 Å². The van der Waals surface area contributed by atoms with Gasteiger partial charge in [-0.2, -0.15) is 0 Å². The van der Waals surface area contributed by atoms with E-state index < -0.39 is 22.0 Å². The smallest absolute Gasteiger partial charge is 0.244 e. The van der Waals surface area contributed by atoms with Crippen LogP contribution < -0.4 is 20.5 Å². The first-order valence-corrected chi connectivity index (χ1v) is 11.1. The Balaban J connectivity index is 1.93. The summed E-state index contributed by atoms with van der Waals surface area (Å²) in [4.78, 5) is 16.3. The number of ether oxygens (including phenoxy) is 1. The van der Waals surface area contributed by atoms with E-state index in [9.17, 15) is 13.2 Å². The zero-order valence-corrected chi connectivity index (χ0v) is 18.2. The van der Waals surface area contributed by atoms with Gasteiger partial charge in [0.1, 0.15) is 16.7 Å². The number of rotatable bonds is 9. The minimum atomic E-state index is -3.93. The van der Waals surface area contributed by atoms with Gasteiger partial charge in [-0.15, -0.1) is 0 Å². The fourth-order valence-corrected chi connectivity index (χ4v) is 4.31. The summed E-state index contributed by atoms with van der Waals surface area (Å²) >= 11 is 6.08. The lowest BCUT2D eigenvalue weighted by molar-refractivity contribution is -0.118. The number of hydrogen-bond donors (Lipinski definition) is 3. The van der Waals surface area contributed by atoms with Gasteiger partial charge in [-0.25, -0.2) is 13.1 Å². The summed E-state index contributed by atoms with van der Waals surface area (Å²) in [5.41, 5.74) is 6.76. The third-order valence-electron chi connectivity index (χ3n) is 4.43. The Morgan fingerprint density at radius 3 is 2.58 bits per heavy atom. The third-order valence-corrected chi connectivity index (χ3v) is 6.13. The highest BCUT2D eigenvalue weighted by atomic mass is 35.5. The maximum atomic E-state index is 13.0. The number of amides is 1. The number of nitrogens with two attached hydrogens (primary N) is 1. The minimum Gasteiger partial charge on any atom is -0.496 e. The average molecular weight is 461 g/mol. The molecule has 1 heterocycles. The van der Waals surface area contributed by atoms with Gasteiger partial charge in [-0.1, -0.05) is 29.8 Å². The molecule has 4 N–H and O–H groups in total. The van der Waals surface area contributed by atoms with Crippen LogP contribution in [0.1, 0.15) is 17.3 Å². The number of primary amides is 1. The molecule has 0 aliphatic heterocycles. The van der Waals surface area contributed by atoms with Crippen molar-refractivity contribution in [3.8, 4) is 5.75 Å². The van der Waals surface area contributed by atoms with Gasteiger partial charge in [-0.05, 0) is 42.5 Å². The number of aromatic nitrogens is 1. The Morgan fingerprint density at radius 1 is 1.16 bits per heavy atom. The Bertz CT molecular complexity index is 1170. The molecule has 0 saturated carbocycles. The van der Waals surface area contributed by atoms with E-state index in [4.69, 9.17) is 22.1 Å². The van der Waals surface area contributed by atoms with Crippen molar-refractivity contribution in [2.24, 2.45) is 5.73 Å². The van der Waals surface area contributed by atoms with Gasteiger partial charge in [0.15, 0.2) is 0 Å². The van der Waals surface area contributed by atoms with Crippen LogP contribution in [0.3, 0.4) is 0 Å². The lowest BCUT2D eigenvalue weighted by Crippen LogP contribution is -2.30. The number of anilines is 1. The van der Waals surface area contributed by atoms with Crippen molar-refractivity contribution in [1.29, 1.82) is 0 Å². The van der Waals surface area contributed by atoms with E-state index in [1.54, 1.807) is 60.8 Å². The lowest BCUT2D eigenvalue weighted by Gasteiger charge is -2.21. The average Bonchev–Trinajstić information content (AvgIpc) is 2.77. The Labute approximate surface area is 185 Å². The Hall–Kier alpha value is -3.14. The monoisotopic (exact) mass is 460 g/mol. The summed E-state index contributed by atoms with van der Waals surface area (Å²) in [6, 6.07) is 15.1. The number of hydrogen-bond acceptors (Lipinski definition) is 6. The summed E-state index contributed by atoms with van der Waals surface area (Å²) in [6.45, 7) is 0.0128.